The van der Waals surface area contributed by atoms with E-state index in [1.165, 1.54) is 0 Å². The molecule has 2 heterocycles. The molecule has 126 valence electrons. The van der Waals surface area contributed by atoms with Crippen molar-refractivity contribution in [1.82, 2.24) is 0 Å². The molecule has 2 fully saturated rings. The normalized spacial score (nSPS) is 35.1. The van der Waals surface area contributed by atoms with Gasteiger partial charge in [0.05, 0.1) is 24.1 Å². The largest absolute Gasteiger partial charge is 0.447 e. The number of benzene rings is 1. The lowest BCUT2D eigenvalue weighted by molar-refractivity contribution is -0.280. The predicted molar refractivity (Wildman–Crippen MR) is 90.7 cm³/mol. The topological polar surface area (TPSA) is 114 Å². The van der Waals surface area contributed by atoms with Gasteiger partial charge < -0.3 is 9.47 Å². The van der Waals surface area contributed by atoms with Crippen molar-refractivity contribution in [2.24, 2.45) is 16.7 Å². The third-order valence-electron chi connectivity index (χ3n) is 5.47. The Bertz CT molecular complexity index is 849. The molecule has 0 aromatic heterocycles. The minimum absolute atomic E-state index is 0.368. The van der Waals surface area contributed by atoms with E-state index in [2.05, 4.69) is 22.0 Å². The van der Waals surface area contributed by atoms with E-state index in [0.717, 1.165) is 4.47 Å². The maximum atomic E-state index is 9.99. The molecule has 0 saturated carbocycles. The molecule has 2 aliphatic rings. The summed E-state index contributed by atoms with van der Waals surface area (Å²) in [7, 11) is 0. The van der Waals surface area contributed by atoms with Crippen LogP contribution in [0.3, 0.4) is 0 Å². The van der Waals surface area contributed by atoms with Crippen molar-refractivity contribution < 1.29 is 9.47 Å². The molecule has 2 aliphatic heterocycles. The van der Waals surface area contributed by atoms with Gasteiger partial charge in [-0.2, -0.15) is 15.8 Å². The number of ether oxygens (including phenoxy) is 2. The van der Waals surface area contributed by atoms with Crippen molar-refractivity contribution >= 4 is 21.8 Å². The van der Waals surface area contributed by atoms with E-state index < -0.39 is 28.6 Å². The fourth-order valence-corrected chi connectivity index (χ4v) is 4.25. The summed E-state index contributed by atoms with van der Waals surface area (Å²) in [6, 6.07) is 13.2. The van der Waals surface area contributed by atoms with Crippen molar-refractivity contribution in [2.75, 3.05) is 0 Å². The number of hydrogen-bond donors (Lipinski definition) is 1. The van der Waals surface area contributed by atoms with Crippen molar-refractivity contribution in [2.45, 2.75) is 32.2 Å². The minimum Gasteiger partial charge on any atom is -0.447 e. The highest BCUT2D eigenvalue weighted by Crippen LogP contribution is 2.66. The molecular weight excluding hydrogens is 384 g/mol. The van der Waals surface area contributed by atoms with Crippen LogP contribution in [0.5, 0.6) is 0 Å². The Kier molecular flexibility index (Phi) is 3.88. The van der Waals surface area contributed by atoms with Gasteiger partial charge in [-0.3, -0.25) is 5.41 Å². The van der Waals surface area contributed by atoms with Crippen molar-refractivity contribution in [1.29, 1.82) is 21.2 Å². The first-order valence-corrected chi connectivity index (χ1v) is 8.61. The zero-order valence-corrected chi connectivity index (χ0v) is 15.3. The standard InChI is InChI=1S/C18H15BrN4O2/c1-3-18-11(2)17(10-22,15(23)25-18)16(8-20,9-21)14(24-18)12-4-6-13(19)7-5-12/h4-7,11,14,23H,3H2,1-2H3/t11-,14+,17-,18-/m1/s1. The highest BCUT2D eigenvalue weighted by Gasteiger charge is 2.78. The third kappa shape index (κ3) is 1.87. The van der Waals surface area contributed by atoms with Crippen LogP contribution in [-0.4, -0.2) is 11.7 Å². The highest BCUT2D eigenvalue weighted by molar-refractivity contribution is 9.10. The number of halogens is 1. The van der Waals surface area contributed by atoms with Crippen LogP contribution in [0.4, 0.5) is 0 Å². The first-order chi connectivity index (χ1) is 11.9. The molecule has 25 heavy (non-hydrogen) atoms. The number of rotatable bonds is 2. The van der Waals surface area contributed by atoms with Crippen LogP contribution in [-0.2, 0) is 9.47 Å². The van der Waals surface area contributed by atoms with Gasteiger partial charge in [0.1, 0.15) is 6.10 Å². The summed E-state index contributed by atoms with van der Waals surface area (Å²) in [6.07, 6.45) is -0.616. The second-order valence-electron chi connectivity index (χ2n) is 6.32. The van der Waals surface area contributed by atoms with Gasteiger partial charge in [-0.25, -0.2) is 0 Å². The van der Waals surface area contributed by atoms with Gasteiger partial charge in [0.2, 0.25) is 17.1 Å². The van der Waals surface area contributed by atoms with Crippen LogP contribution >= 0.6 is 15.9 Å². The van der Waals surface area contributed by atoms with Gasteiger partial charge in [0.25, 0.3) is 0 Å². The number of nitrogens with zero attached hydrogens (tertiary/aromatic N) is 3. The van der Waals surface area contributed by atoms with E-state index in [1.54, 1.807) is 31.2 Å². The Morgan fingerprint density at radius 1 is 1.16 bits per heavy atom. The Hall–Kier alpha value is -2.40. The van der Waals surface area contributed by atoms with E-state index in [4.69, 9.17) is 14.9 Å². The molecule has 4 atom stereocenters. The average Bonchev–Trinajstić information content (AvgIpc) is 2.79. The van der Waals surface area contributed by atoms with E-state index in [0.29, 0.717) is 12.0 Å². The minimum atomic E-state index is -1.89. The fourth-order valence-electron chi connectivity index (χ4n) is 3.98. The lowest BCUT2D eigenvalue weighted by atomic mass is 9.53. The van der Waals surface area contributed by atoms with Crippen molar-refractivity contribution in [3.63, 3.8) is 0 Å². The van der Waals surface area contributed by atoms with Crippen LogP contribution in [0.1, 0.15) is 31.9 Å². The van der Waals surface area contributed by atoms with Crippen LogP contribution in [0, 0.1) is 56.2 Å². The zero-order chi connectivity index (χ0) is 18.5. The molecule has 3 rings (SSSR count). The Morgan fingerprint density at radius 3 is 2.24 bits per heavy atom. The Labute approximate surface area is 154 Å². The van der Waals surface area contributed by atoms with Crippen LogP contribution < -0.4 is 0 Å². The zero-order valence-electron chi connectivity index (χ0n) is 13.7. The Morgan fingerprint density at radius 2 is 1.76 bits per heavy atom. The number of nitriles is 3. The van der Waals surface area contributed by atoms with E-state index in [-0.39, 0.29) is 5.90 Å². The third-order valence-corrected chi connectivity index (χ3v) is 6.00. The van der Waals surface area contributed by atoms with Gasteiger partial charge in [0.15, 0.2) is 5.41 Å². The summed E-state index contributed by atoms with van der Waals surface area (Å²) in [5.74, 6) is -2.21. The Balaban J connectivity index is 2.32. The molecule has 0 aliphatic carbocycles. The molecule has 1 N–H and O–H groups in total. The van der Waals surface area contributed by atoms with E-state index in [1.807, 2.05) is 19.1 Å². The second-order valence-corrected chi connectivity index (χ2v) is 7.23. The number of fused-ring (bicyclic) bond motifs is 2. The first-order valence-electron chi connectivity index (χ1n) is 7.82. The smallest absolute Gasteiger partial charge is 0.217 e. The molecule has 2 saturated heterocycles. The molecule has 1 aromatic carbocycles. The molecule has 0 amide bonds. The molecular formula is C18H15BrN4O2. The fraction of sp³-hybridized carbons (Fsp3) is 0.444. The predicted octanol–water partition coefficient (Wildman–Crippen LogP) is 3.81. The van der Waals surface area contributed by atoms with Crippen LogP contribution in [0.15, 0.2) is 28.7 Å². The SMILES string of the molecule is CC[C@@]12OC(=N)[C@@](C#N)([C@H]1C)C(C#N)(C#N)[C@H](c1ccc(Br)cc1)O2. The van der Waals surface area contributed by atoms with Crippen LogP contribution in [0.2, 0.25) is 0 Å². The lowest BCUT2D eigenvalue weighted by Gasteiger charge is -2.48. The van der Waals surface area contributed by atoms with Gasteiger partial charge in [-0.1, -0.05) is 41.9 Å². The summed E-state index contributed by atoms with van der Waals surface area (Å²) in [5, 5.41) is 38.2. The first kappa shape index (κ1) is 17.4. The second kappa shape index (κ2) is 5.56. The monoisotopic (exact) mass is 398 g/mol. The van der Waals surface area contributed by atoms with Gasteiger partial charge in [0, 0.05) is 10.9 Å². The number of nitrogens with one attached hydrogen (secondary N) is 1. The van der Waals surface area contributed by atoms with Crippen molar-refractivity contribution in [3.8, 4) is 18.2 Å². The van der Waals surface area contributed by atoms with Gasteiger partial charge >= 0.3 is 0 Å². The molecule has 1 aromatic rings. The highest BCUT2D eigenvalue weighted by atomic mass is 79.9. The summed E-state index contributed by atoms with van der Waals surface area (Å²) in [4.78, 5) is 0. The average molecular weight is 399 g/mol. The molecule has 2 bridgehead atoms. The van der Waals surface area contributed by atoms with Gasteiger partial charge in [-0.05, 0) is 17.7 Å². The summed E-state index contributed by atoms with van der Waals surface area (Å²) < 4.78 is 12.7. The number of hydrogen-bond acceptors (Lipinski definition) is 6. The molecule has 0 spiro atoms. The quantitative estimate of drug-likeness (QED) is 0.812. The lowest BCUT2D eigenvalue weighted by Crippen LogP contribution is -2.58. The maximum Gasteiger partial charge on any atom is 0.217 e. The van der Waals surface area contributed by atoms with E-state index in [9.17, 15) is 15.8 Å². The molecule has 0 unspecified atom stereocenters. The molecule has 6 nitrogen and oxygen atoms in total. The van der Waals surface area contributed by atoms with Crippen LogP contribution in [0.25, 0.3) is 0 Å². The summed E-state index contributed by atoms with van der Waals surface area (Å²) in [6.45, 7) is 3.54. The van der Waals surface area contributed by atoms with Crippen molar-refractivity contribution in [3.05, 3.63) is 34.3 Å². The summed E-state index contributed by atoms with van der Waals surface area (Å²) >= 11 is 3.35. The van der Waals surface area contributed by atoms with Gasteiger partial charge in [-0.15, -0.1) is 0 Å². The molecule has 7 heteroatoms. The maximum absolute atomic E-state index is 9.99. The van der Waals surface area contributed by atoms with E-state index >= 15 is 0 Å². The summed E-state index contributed by atoms with van der Waals surface area (Å²) in [5.41, 5.74) is -2.99. The molecule has 0 radical (unpaired) electrons.